The molecule has 0 amide bonds. The van der Waals surface area contributed by atoms with E-state index in [-0.39, 0.29) is 12.3 Å². The fraction of sp³-hybridized carbons (Fsp3) is 0.118. The zero-order valence-electron chi connectivity index (χ0n) is 12.5. The van der Waals surface area contributed by atoms with E-state index in [1.54, 1.807) is 12.1 Å². The van der Waals surface area contributed by atoms with E-state index in [2.05, 4.69) is 10.3 Å². The smallest absolute Gasteiger partial charge is 0.358 e. The lowest BCUT2D eigenvalue weighted by Gasteiger charge is -2.09. The normalized spacial score (nSPS) is 10.5. The number of ether oxygens (including phenoxy) is 1. The molecule has 23 heavy (non-hydrogen) atoms. The number of hydrogen-bond donors (Lipinski definition) is 1. The summed E-state index contributed by atoms with van der Waals surface area (Å²) in [6, 6.07) is 16.8. The summed E-state index contributed by atoms with van der Waals surface area (Å²) >= 11 is 0. The van der Waals surface area contributed by atoms with Crippen molar-refractivity contribution < 1.29 is 14.6 Å². The first-order valence-corrected chi connectivity index (χ1v) is 7.08. The molecule has 6 heteroatoms. The van der Waals surface area contributed by atoms with Crippen molar-refractivity contribution in [3.8, 4) is 11.4 Å². The number of aryl methyl sites for hydroxylation is 1. The molecule has 0 aliphatic rings. The van der Waals surface area contributed by atoms with Gasteiger partial charge in [0.05, 0.1) is 5.69 Å². The summed E-state index contributed by atoms with van der Waals surface area (Å²) < 4.78 is 7.15. The highest BCUT2D eigenvalue weighted by molar-refractivity contribution is 5.86. The molecule has 6 nitrogen and oxygen atoms in total. The van der Waals surface area contributed by atoms with Crippen LogP contribution in [-0.2, 0) is 6.61 Å². The van der Waals surface area contributed by atoms with Crippen LogP contribution in [0.4, 0.5) is 0 Å². The van der Waals surface area contributed by atoms with Gasteiger partial charge in [-0.1, -0.05) is 41.1 Å². The van der Waals surface area contributed by atoms with Crippen LogP contribution in [0.5, 0.6) is 5.75 Å². The highest BCUT2D eigenvalue weighted by Crippen LogP contribution is 2.17. The Hall–Kier alpha value is -3.15. The van der Waals surface area contributed by atoms with E-state index in [9.17, 15) is 9.90 Å². The average molecular weight is 309 g/mol. The lowest BCUT2D eigenvalue weighted by atomic mass is 10.2. The van der Waals surface area contributed by atoms with Crippen molar-refractivity contribution in [2.45, 2.75) is 13.5 Å². The zero-order chi connectivity index (χ0) is 16.2. The van der Waals surface area contributed by atoms with E-state index in [0.29, 0.717) is 11.4 Å². The number of aromatic nitrogens is 3. The van der Waals surface area contributed by atoms with Gasteiger partial charge in [-0.15, -0.1) is 5.10 Å². The van der Waals surface area contributed by atoms with Crippen LogP contribution in [0.25, 0.3) is 5.69 Å². The van der Waals surface area contributed by atoms with E-state index in [0.717, 1.165) is 11.3 Å². The summed E-state index contributed by atoms with van der Waals surface area (Å²) in [6.07, 6.45) is 0. The predicted octanol–water partition coefficient (Wildman–Crippen LogP) is 2.85. The van der Waals surface area contributed by atoms with Crippen LogP contribution >= 0.6 is 0 Å². The van der Waals surface area contributed by atoms with Crippen LogP contribution in [0.2, 0.25) is 0 Å². The largest absolute Gasteiger partial charge is 0.487 e. The van der Waals surface area contributed by atoms with Crippen molar-refractivity contribution >= 4 is 5.97 Å². The second-order valence-electron chi connectivity index (χ2n) is 5.04. The molecule has 0 fully saturated rings. The van der Waals surface area contributed by atoms with Crippen LogP contribution in [-0.4, -0.2) is 26.1 Å². The van der Waals surface area contributed by atoms with Crippen LogP contribution in [0.1, 0.15) is 21.7 Å². The van der Waals surface area contributed by atoms with Crippen LogP contribution in [0, 0.1) is 6.92 Å². The highest BCUT2D eigenvalue weighted by atomic mass is 16.5. The van der Waals surface area contributed by atoms with Gasteiger partial charge >= 0.3 is 5.97 Å². The molecular formula is C17H15N3O3. The highest BCUT2D eigenvalue weighted by Gasteiger charge is 2.20. The van der Waals surface area contributed by atoms with Gasteiger partial charge in [-0.05, 0) is 31.2 Å². The van der Waals surface area contributed by atoms with E-state index in [1.165, 1.54) is 4.68 Å². The van der Waals surface area contributed by atoms with Gasteiger partial charge in [0, 0.05) is 0 Å². The molecule has 0 aliphatic heterocycles. The Bertz CT molecular complexity index is 811. The maximum absolute atomic E-state index is 11.4. The maximum Gasteiger partial charge on any atom is 0.358 e. The second kappa shape index (κ2) is 6.31. The minimum atomic E-state index is -1.13. The number of carboxylic acid groups (broad SMARTS) is 1. The lowest BCUT2D eigenvalue weighted by Crippen LogP contribution is -2.10. The molecule has 1 aromatic heterocycles. The number of carbonyl (C=O) groups is 1. The van der Waals surface area contributed by atoms with Gasteiger partial charge in [-0.3, -0.25) is 0 Å². The summed E-state index contributed by atoms with van der Waals surface area (Å²) in [5.41, 5.74) is 2.13. The number of aromatic carboxylic acids is 1. The molecule has 116 valence electrons. The predicted molar refractivity (Wildman–Crippen MR) is 83.8 cm³/mol. The van der Waals surface area contributed by atoms with Crippen molar-refractivity contribution in [2.75, 3.05) is 0 Å². The van der Waals surface area contributed by atoms with Gasteiger partial charge < -0.3 is 9.84 Å². The molecule has 3 rings (SSSR count). The van der Waals surface area contributed by atoms with Crippen molar-refractivity contribution in [1.29, 1.82) is 0 Å². The summed E-state index contributed by atoms with van der Waals surface area (Å²) in [5, 5.41) is 17.0. The van der Waals surface area contributed by atoms with Crippen molar-refractivity contribution in [3.05, 3.63) is 71.5 Å². The number of rotatable bonds is 5. The molecule has 3 aromatic rings. The maximum atomic E-state index is 11.4. The van der Waals surface area contributed by atoms with Crippen LogP contribution in [0.3, 0.4) is 0 Å². The van der Waals surface area contributed by atoms with Crippen molar-refractivity contribution in [3.63, 3.8) is 0 Å². The fourth-order valence-corrected chi connectivity index (χ4v) is 2.16. The average Bonchev–Trinajstić information content (AvgIpc) is 2.99. The first-order valence-electron chi connectivity index (χ1n) is 7.08. The number of nitrogens with zero attached hydrogens (tertiary/aromatic N) is 3. The topological polar surface area (TPSA) is 77.2 Å². The Balaban J connectivity index is 1.94. The molecule has 0 atom stereocenters. The van der Waals surface area contributed by atoms with Crippen molar-refractivity contribution in [2.24, 2.45) is 0 Å². The van der Waals surface area contributed by atoms with E-state index < -0.39 is 5.97 Å². The molecule has 1 heterocycles. The minimum Gasteiger partial charge on any atom is -0.487 e. The first kappa shape index (κ1) is 14.8. The summed E-state index contributed by atoms with van der Waals surface area (Å²) in [4.78, 5) is 11.4. The molecule has 2 aromatic carbocycles. The summed E-state index contributed by atoms with van der Waals surface area (Å²) in [5.74, 6) is -0.476. The molecule has 1 N–H and O–H groups in total. The Kier molecular flexibility index (Phi) is 4.05. The molecule has 0 radical (unpaired) electrons. The monoisotopic (exact) mass is 309 g/mol. The molecule has 0 spiro atoms. The van der Waals surface area contributed by atoms with Crippen LogP contribution < -0.4 is 4.74 Å². The Labute approximate surface area is 133 Å². The van der Waals surface area contributed by atoms with Gasteiger partial charge in [-0.25, -0.2) is 9.48 Å². The Morgan fingerprint density at radius 2 is 1.83 bits per heavy atom. The molecule has 0 bridgehead atoms. The van der Waals surface area contributed by atoms with Gasteiger partial charge in [0.2, 0.25) is 0 Å². The number of carboxylic acids is 1. The fourth-order valence-electron chi connectivity index (χ4n) is 2.16. The van der Waals surface area contributed by atoms with Gasteiger partial charge in [0.1, 0.15) is 18.1 Å². The molecule has 0 saturated carbocycles. The van der Waals surface area contributed by atoms with E-state index in [1.807, 2.05) is 49.4 Å². The Morgan fingerprint density at radius 1 is 1.13 bits per heavy atom. The first-order chi connectivity index (χ1) is 11.1. The van der Waals surface area contributed by atoms with Crippen molar-refractivity contribution in [1.82, 2.24) is 15.0 Å². The zero-order valence-corrected chi connectivity index (χ0v) is 12.5. The van der Waals surface area contributed by atoms with Gasteiger partial charge in [-0.2, -0.15) is 0 Å². The molecule has 0 aliphatic carbocycles. The quantitative estimate of drug-likeness (QED) is 0.784. The summed E-state index contributed by atoms with van der Waals surface area (Å²) in [7, 11) is 0. The van der Waals surface area contributed by atoms with E-state index in [4.69, 9.17) is 4.74 Å². The lowest BCUT2D eigenvalue weighted by molar-refractivity contribution is 0.0687. The molecular weight excluding hydrogens is 294 g/mol. The summed E-state index contributed by atoms with van der Waals surface area (Å²) in [6.45, 7) is 2.04. The van der Waals surface area contributed by atoms with Gasteiger partial charge in [0.15, 0.2) is 5.69 Å². The third kappa shape index (κ3) is 3.21. The Morgan fingerprint density at radius 3 is 2.48 bits per heavy atom. The second-order valence-corrected chi connectivity index (χ2v) is 5.04. The molecule has 0 unspecified atom stereocenters. The third-order valence-electron chi connectivity index (χ3n) is 3.36. The number of para-hydroxylation sites is 1. The van der Waals surface area contributed by atoms with Gasteiger partial charge in [0.25, 0.3) is 0 Å². The third-order valence-corrected chi connectivity index (χ3v) is 3.36. The minimum absolute atomic E-state index is 0.0620. The van der Waals surface area contributed by atoms with Crippen LogP contribution in [0.15, 0.2) is 54.6 Å². The number of hydrogen-bond acceptors (Lipinski definition) is 4. The molecule has 0 saturated heterocycles. The number of benzene rings is 2. The standard InChI is InChI=1S/C17H15N3O3/c1-12-7-9-13(10-8-12)20-15(16(17(21)22)18-19-20)11-23-14-5-3-2-4-6-14/h2-10H,11H2,1H3,(H,21,22). The van der Waals surface area contributed by atoms with E-state index >= 15 is 0 Å². The SMILES string of the molecule is Cc1ccc(-n2nnc(C(=O)O)c2COc2ccccc2)cc1.